The van der Waals surface area contributed by atoms with Gasteiger partial charge in [-0.2, -0.15) is 5.10 Å². The normalized spacial score (nSPS) is 23.1. The molecule has 2 heteroatoms. The molecular weight excluding hydrogens is 148 g/mol. The van der Waals surface area contributed by atoms with Crippen molar-refractivity contribution in [1.29, 1.82) is 0 Å². The van der Waals surface area contributed by atoms with Crippen LogP contribution in [0.15, 0.2) is 6.07 Å². The summed E-state index contributed by atoms with van der Waals surface area (Å²) in [6.45, 7) is 2.18. The van der Waals surface area contributed by atoms with Crippen LogP contribution < -0.4 is 0 Å². The highest BCUT2D eigenvalue weighted by molar-refractivity contribution is 5.18. The summed E-state index contributed by atoms with van der Waals surface area (Å²) in [5.41, 5.74) is 2.71. The zero-order valence-electron chi connectivity index (χ0n) is 7.45. The lowest BCUT2D eigenvalue weighted by molar-refractivity contribution is 0.612. The quantitative estimate of drug-likeness (QED) is 0.653. The fourth-order valence-electron chi connectivity index (χ4n) is 1.78. The van der Waals surface area contributed by atoms with E-state index < -0.39 is 0 Å². The van der Waals surface area contributed by atoms with Crippen molar-refractivity contribution in [2.75, 3.05) is 0 Å². The van der Waals surface area contributed by atoms with Gasteiger partial charge in [0.15, 0.2) is 0 Å². The lowest BCUT2D eigenvalue weighted by Gasteiger charge is -1.98. The van der Waals surface area contributed by atoms with Crippen LogP contribution in [0.4, 0.5) is 0 Å². The highest BCUT2D eigenvalue weighted by Gasteiger charge is 2.30. The van der Waals surface area contributed by atoms with E-state index in [-0.39, 0.29) is 0 Å². The molecule has 2 aliphatic rings. The van der Waals surface area contributed by atoms with E-state index >= 15 is 0 Å². The predicted molar refractivity (Wildman–Crippen MR) is 47.2 cm³/mol. The molecule has 2 saturated carbocycles. The van der Waals surface area contributed by atoms with Crippen LogP contribution in [0.25, 0.3) is 0 Å². The van der Waals surface area contributed by atoms with Gasteiger partial charge in [0.2, 0.25) is 0 Å². The maximum Gasteiger partial charge on any atom is 0.0658 e. The van der Waals surface area contributed by atoms with E-state index in [1.54, 1.807) is 0 Å². The van der Waals surface area contributed by atoms with Gasteiger partial charge in [0, 0.05) is 11.6 Å². The molecule has 2 aliphatic carbocycles. The molecule has 0 spiro atoms. The Morgan fingerprint density at radius 3 is 2.67 bits per heavy atom. The highest BCUT2D eigenvalue weighted by Crippen LogP contribution is 2.41. The van der Waals surface area contributed by atoms with Crippen molar-refractivity contribution < 1.29 is 0 Å². The molecule has 3 rings (SSSR count). The van der Waals surface area contributed by atoms with Crippen LogP contribution in [0.3, 0.4) is 0 Å². The first kappa shape index (κ1) is 6.70. The zero-order valence-corrected chi connectivity index (χ0v) is 7.45. The molecule has 64 valence electrons. The van der Waals surface area contributed by atoms with Crippen molar-refractivity contribution in [3.63, 3.8) is 0 Å². The number of rotatable bonds is 2. The summed E-state index contributed by atoms with van der Waals surface area (Å²) in [7, 11) is 0. The van der Waals surface area contributed by atoms with E-state index in [0.717, 1.165) is 12.0 Å². The first-order valence-electron chi connectivity index (χ1n) is 4.90. The zero-order chi connectivity index (χ0) is 8.13. The van der Waals surface area contributed by atoms with Gasteiger partial charge in [0.05, 0.1) is 11.7 Å². The molecule has 0 aliphatic heterocycles. The van der Waals surface area contributed by atoms with Crippen LogP contribution in [-0.2, 0) is 0 Å². The Morgan fingerprint density at radius 1 is 1.33 bits per heavy atom. The molecule has 2 nitrogen and oxygen atoms in total. The monoisotopic (exact) mass is 162 g/mol. The Bertz CT molecular complexity index is 306. The second-order valence-electron chi connectivity index (χ2n) is 4.16. The van der Waals surface area contributed by atoms with Gasteiger partial charge in [-0.25, -0.2) is 0 Å². The molecule has 1 heterocycles. The van der Waals surface area contributed by atoms with Gasteiger partial charge >= 0.3 is 0 Å². The second kappa shape index (κ2) is 2.12. The number of hydrogen-bond donors (Lipinski definition) is 0. The topological polar surface area (TPSA) is 17.8 Å². The minimum atomic E-state index is 0.748. The third-order valence-electron chi connectivity index (χ3n) is 2.83. The maximum absolute atomic E-state index is 4.65. The Balaban J connectivity index is 1.96. The number of hydrogen-bond acceptors (Lipinski definition) is 1. The number of nitrogens with zero attached hydrogens (tertiary/aromatic N) is 2. The van der Waals surface area contributed by atoms with Gasteiger partial charge < -0.3 is 0 Å². The van der Waals surface area contributed by atoms with Crippen LogP contribution in [-0.4, -0.2) is 9.78 Å². The first-order valence-corrected chi connectivity index (χ1v) is 4.90. The first-order chi connectivity index (χ1) is 5.84. The van der Waals surface area contributed by atoms with Gasteiger partial charge in [0.1, 0.15) is 0 Å². The van der Waals surface area contributed by atoms with Gasteiger partial charge in [-0.3, -0.25) is 4.68 Å². The van der Waals surface area contributed by atoms with Gasteiger partial charge in [-0.1, -0.05) is 0 Å². The fraction of sp³-hybridized carbons (Fsp3) is 0.700. The third kappa shape index (κ3) is 0.977. The Kier molecular flexibility index (Phi) is 1.18. The van der Waals surface area contributed by atoms with Crippen molar-refractivity contribution in [1.82, 2.24) is 9.78 Å². The SMILES string of the molecule is Cc1cc(C2CC2)nn1C1CC1. The largest absolute Gasteiger partial charge is 0.267 e. The molecule has 2 fully saturated rings. The number of aromatic nitrogens is 2. The average molecular weight is 162 g/mol. The van der Waals surface area contributed by atoms with Crippen molar-refractivity contribution >= 4 is 0 Å². The summed E-state index contributed by atoms with van der Waals surface area (Å²) in [5, 5.41) is 4.65. The van der Waals surface area contributed by atoms with Crippen LogP contribution in [0.1, 0.15) is 49.0 Å². The van der Waals surface area contributed by atoms with Crippen molar-refractivity contribution in [3.8, 4) is 0 Å². The molecule has 0 N–H and O–H groups in total. The van der Waals surface area contributed by atoms with E-state index in [4.69, 9.17) is 0 Å². The van der Waals surface area contributed by atoms with E-state index in [1.807, 2.05) is 0 Å². The minimum absolute atomic E-state index is 0.748. The molecule has 0 unspecified atom stereocenters. The van der Waals surface area contributed by atoms with Crippen LogP contribution in [0.5, 0.6) is 0 Å². The van der Waals surface area contributed by atoms with Crippen molar-refractivity contribution in [2.24, 2.45) is 0 Å². The molecule has 0 saturated heterocycles. The van der Waals surface area contributed by atoms with E-state index in [0.29, 0.717) is 0 Å². The Hall–Kier alpha value is -0.790. The summed E-state index contributed by atoms with van der Waals surface area (Å²) in [6, 6.07) is 3.02. The summed E-state index contributed by atoms with van der Waals surface area (Å²) >= 11 is 0. The molecule has 0 atom stereocenters. The molecule has 1 aromatic rings. The van der Waals surface area contributed by atoms with Gasteiger partial charge in [0.25, 0.3) is 0 Å². The molecule has 0 aromatic carbocycles. The maximum atomic E-state index is 4.65. The van der Waals surface area contributed by atoms with Crippen LogP contribution in [0.2, 0.25) is 0 Å². The molecule has 0 bridgehead atoms. The van der Waals surface area contributed by atoms with Gasteiger partial charge in [-0.15, -0.1) is 0 Å². The second-order valence-corrected chi connectivity index (χ2v) is 4.16. The van der Waals surface area contributed by atoms with Crippen LogP contribution in [0, 0.1) is 6.92 Å². The summed E-state index contributed by atoms with van der Waals surface area (Å²) in [6.07, 6.45) is 5.40. The Morgan fingerprint density at radius 2 is 2.08 bits per heavy atom. The van der Waals surface area contributed by atoms with Crippen molar-refractivity contribution in [2.45, 2.75) is 44.6 Å². The fourth-order valence-corrected chi connectivity index (χ4v) is 1.78. The molecule has 0 radical (unpaired) electrons. The van der Waals surface area contributed by atoms with Crippen molar-refractivity contribution in [3.05, 3.63) is 17.5 Å². The van der Waals surface area contributed by atoms with E-state index in [2.05, 4.69) is 22.8 Å². The lowest BCUT2D eigenvalue weighted by Crippen LogP contribution is -1.98. The summed E-state index contributed by atoms with van der Waals surface area (Å²) in [4.78, 5) is 0. The molecular formula is C10H14N2. The summed E-state index contributed by atoms with van der Waals surface area (Å²) < 4.78 is 2.23. The standard InChI is InChI=1S/C10H14N2/c1-7-6-10(8-2-3-8)11-12(7)9-4-5-9/h6,8-9H,2-5H2,1H3. The average Bonchev–Trinajstić information content (AvgIpc) is 2.93. The smallest absolute Gasteiger partial charge is 0.0658 e. The minimum Gasteiger partial charge on any atom is -0.267 e. The Labute approximate surface area is 72.6 Å². The van der Waals surface area contributed by atoms with Crippen LogP contribution >= 0.6 is 0 Å². The molecule has 0 amide bonds. The van der Waals surface area contributed by atoms with Gasteiger partial charge in [-0.05, 0) is 38.7 Å². The van der Waals surface area contributed by atoms with E-state index in [1.165, 1.54) is 37.1 Å². The highest BCUT2D eigenvalue weighted by atomic mass is 15.3. The summed E-state index contributed by atoms with van der Waals surface area (Å²) in [5.74, 6) is 0.809. The third-order valence-corrected chi connectivity index (χ3v) is 2.83. The number of aryl methyl sites for hydroxylation is 1. The predicted octanol–water partition coefficient (Wildman–Crippen LogP) is 2.40. The van der Waals surface area contributed by atoms with E-state index in [9.17, 15) is 0 Å². The molecule has 1 aromatic heterocycles. The molecule has 12 heavy (non-hydrogen) atoms. The lowest BCUT2D eigenvalue weighted by atomic mass is 10.3.